The number of fused-ring (bicyclic) bond motifs is 2. The summed E-state index contributed by atoms with van der Waals surface area (Å²) >= 11 is 20.7. The lowest BCUT2D eigenvalue weighted by Gasteiger charge is -2.26. The molecule has 3 aromatic carbocycles. The second kappa shape index (κ2) is 10.3. The van der Waals surface area contributed by atoms with Crippen LogP contribution in [0.15, 0.2) is 54.6 Å². The first-order valence-electron chi connectivity index (χ1n) is 11.1. The molecular formula is C26H22Cl3N3O2S. The number of nitrogens with zero attached hydrogens (tertiary/aromatic N) is 2. The number of thioether (sulfide) groups is 1. The number of hydrogen-bond acceptors (Lipinski definition) is 5. The van der Waals surface area contributed by atoms with Crippen molar-refractivity contribution >= 4 is 80.0 Å². The molecule has 1 fully saturated rings. The summed E-state index contributed by atoms with van der Waals surface area (Å²) in [6.45, 7) is 1.24. The van der Waals surface area contributed by atoms with E-state index >= 15 is 0 Å². The standard InChI is InChI=1S/C26H22Cl3N3O2S/c1-34-16-7-9-21-18(13-16)25(17-8-6-15(27)12-22(17)31-21)30-10-3-11-32-23(33)14-35-26(32)24-19(28)4-2-5-20(24)29/h2,4-9,12-13,26H,3,10-11,14H2,1H3,(H,30,31). The van der Waals surface area contributed by atoms with Crippen LogP contribution in [0.4, 0.5) is 5.69 Å². The first-order valence-corrected chi connectivity index (χ1v) is 13.3. The van der Waals surface area contributed by atoms with Gasteiger partial charge in [0, 0.05) is 44.5 Å². The van der Waals surface area contributed by atoms with Crippen LogP contribution in [0, 0.1) is 0 Å². The number of carbonyl (C=O) groups excluding carboxylic acids is 1. The molecule has 1 amide bonds. The van der Waals surface area contributed by atoms with Gasteiger partial charge in [-0.1, -0.05) is 40.9 Å². The largest absolute Gasteiger partial charge is 0.497 e. The highest BCUT2D eigenvalue weighted by Gasteiger charge is 2.34. The number of pyridine rings is 1. The maximum Gasteiger partial charge on any atom is 0.233 e. The number of halogens is 3. The summed E-state index contributed by atoms with van der Waals surface area (Å²) in [5.41, 5.74) is 3.43. The van der Waals surface area contributed by atoms with Gasteiger partial charge >= 0.3 is 0 Å². The Balaban J connectivity index is 1.38. The molecule has 0 saturated carbocycles. The SMILES string of the molecule is COc1ccc2nc3cc(Cl)ccc3c(NCCCN3C(=O)CSC3c3c(Cl)cccc3Cl)c2c1. The minimum atomic E-state index is -0.183. The topological polar surface area (TPSA) is 54.5 Å². The van der Waals surface area contributed by atoms with Gasteiger partial charge in [0.2, 0.25) is 5.91 Å². The predicted octanol–water partition coefficient (Wildman–Crippen LogP) is 7.43. The van der Waals surface area contributed by atoms with Crippen LogP contribution in [0.1, 0.15) is 17.4 Å². The van der Waals surface area contributed by atoms with Gasteiger partial charge < -0.3 is 15.0 Å². The van der Waals surface area contributed by atoms with Gasteiger partial charge in [0.1, 0.15) is 11.1 Å². The van der Waals surface area contributed by atoms with E-state index in [0.29, 0.717) is 33.9 Å². The van der Waals surface area contributed by atoms with Crippen molar-refractivity contribution in [1.82, 2.24) is 9.88 Å². The van der Waals surface area contributed by atoms with Crippen molar-refractivity contribution in [2.24, 2.45) is 0 Å². The van der Waals surface area contributed by atoms with E-state index in [9.17, 15) is 4.79 Å². The van der Waals surface area contributed by atoms with Crippen molar-refractivity contribution in [2.45, 2.75) is 11.8 Å². The molecule has 180 valence electrons. The fourth-order valence-electron chi connectivity index (χ4n) is 4.36. The molecule has 9 heteroatoms. The lowest BCUT2D eigenvalue weighted by Crippen LogP contribution is -2.30. The number of anilines is 1. The molecule has 35 heavy (non-hydrogen) atoms. The van der Waals surface area contributed by atoms with Crippen LogP contribution < -0.4 is 10.1 Å². The van der Waals surface area contributed by atoms with Gasteiger partial charge in [0.05, 0.1) is 29.6 Å². The molecule has 1 atom stereocenters. The molecule has 1 aliphatic heterocycles. The molecule has 5 nitrogen and oxygen atoms in total. The van der Waals surface area contributed by atoms with Crippen molar-refractivity contribution in [3.8, 4) is 5.75 Å². The van der Waals surface area contributed by atoms with E-state index in [0.717, 1.165) is 45.2 Å². The van der Waals surface area contributed by atoms with Crippen molar-refractivity contribution in [3.05, 3.63) is 75.2 Å². The number of amides is 1. The molecule has 4 aromatic rings. The van der Waals surface area contributed by atoms with Crippen LogP contribution in [-0.2, 0) is 4.79 Å². The number of hydrogen-bond donors (Lipinski definition) is 1. The molecule has 0 bridgehead atoms. The number of methoxy groups -OCH3 is 1. The minimum Gasteiger partial charge on any atom is -0.497 e. The summed E-state index contributed by atoms with van der Waals surface area (Å²) in [4.78, 5) is 19.3. The third-order valence-electron chi connectivity index (χ3n) is 6.04. The highest BCUT2D eigenvalue weighted by Crippen LogP contribution is 2.44. The average molecular weight is 547 g/mol. The zero-order valence-electron chi connectivity index (χ0n) is 18.9. The molecule has 2 heterocycles. The Labute approximate surface area is 222 Å². The third kappa shape index (κ3) is 4.85. The van der Waals surface area contributed by atoms with Crippen molar-refractivity contribution < 1.29 is 9.53 Å². The zero-order valence-corrected chi connectivity index (χ0v) is 21.9. The van der Waals surface area contributed by atoms with Crippen molar-refractivity contribution in [1.29, 1.82) is 0 Å². The van der Waals surface area contributed by atoms with E-state index in [4.69, 9.17) is 44.5 Å². The summed E-state index contributed by atoms with van der Waals surface area (Å²) in [6, 6.07) is 17.0. The van der Waals surface area contributed by atoms with Crippen LogP contribution >= 0.6 is 46.6 Å². The van der Waals surface area contributed by atoms with Gasteiger partial charge in [-0.25, -0.2) is 4.98 Å². The first kappa shape index (κ1) is 24.3. The predicted molar refractivity (Wildman–Crippen MR) is 147 cm³/mol. The van der Waals surface area contributed by atoms with Crippen LogP contribution in [0.3, 0.4) is 0 Å². The molecule has 1 aromatic heterocycles. The summed E-state index contributed by atoms with van der Waals surface area (Å²) in [5, 5.41) is 7.14. The normalized spacial score (nSPS) is 15.8. The van der Waals surface area contributed by atoms with E-state index in [2.05, 4.69) is 5.32 Å². The lowest BCUT2D eigenvalue weighted by molar-refractivity contribution is -0.128. The van der Waals surface area contributed by atoms with Crippen LogP contribution in [0.2, 0.25) is 15.1 Å². The first-order chi connectivity index (χ1) is 17.0. The highest BCUT2D eigenvalue weighted by molar-refractivity contribution is 8.00. The Kier molecular flexibility index (Phi) is 7.17. The Morgan fingerprint density at radius 2 is 1.86 bits per heavy atom. The smallest absolute Gasteiger partial charge is 0.233 e. The maximum atomic E-state index is 12.7. The number of aromatic nitrogens is 1. The maximum absolute atomic E-state index is 12.7. The Morgan fingerprint density at radius 1 is 1.06 bits per heavy atom. The summed E-state index contributed by atoms with van der Waals surface area (Å²) in [6.07, 6.45) is 0.744. The van der Waals surface area contributed by atoms with Gasteiger partial charge in [-0.05, 0) is 55.0 Å². The van der Waals surface area contributed by atoms with E-state index in [1.54, 1.807) is 18.9 Å². The van der Waals surface area contributed by atoms with Crippen molar-refractivity contribution in [2.75, 3.05) is 31.3 Å². The molecule has 1 aliphatic rings. The lowest BCUT2D eigenvalue weighted by atomic mass is 10.1. The Morgan fingerprint density at radius 3 is 2.63 bits per heavy atom. The summed E-state index contributed by atoms with van der Waals surface area (Å²) < 4.78 is 5.44. The van der Waals surface area contributed by atoms with Gasteiger partial charge in [-0.15, -0.1) is 11.8 Å². The quantitative estimate of drug-likeness (QED) is 0.193. The average Bonchev–Trinajstić information content (AvgIpc) is 3.20. The van der Waals surface area contributed by atoms with Crippen LogP contribution in [0.25, 0.3) is 21.8 Å². The summed E-state index contributed by atoms with van der Waals surface area (Å²) in [5.74, 6) is 1.27. The molecular weight excluding hydrogens is 525 g/mol. The number of ether oxygens (including phenoxy) is 1. The molecule has 0 radical (unpaired) electrons. The second-order valence-electron chi connectivity index (χ2n) is 8.20. The van der Waals surface area contributed by atoms with Crippen LogP contribution in [0.5, 0.6) is 5.75 Å². The highest BCUT2D eigenvalue weighted by atomic mass is 35.5. The number of nitrogens with one attached hydrogen (secondary N) is 1. The Hall–Kier alpha value is -2.38. The van der Waals surface area contributed by atoms with Gasteiger partial charge in [-0.2, -0.15) is 0 Å². The summed E-state index contributed by atoms with van der Waals surface area (Å²) in [7, 11) is 1.65. The van der Waals surface area contributed by atoms with Gasteiger partial charge in [0.15, 0.2) is 0 Å². The molecule has 0 spiro atoms. The number of carbonyl (C=O) groups is 1. The molecule has 0 aliphatic carbocycles. The fraction of sp³-hybridized carbons (Fsp3) is 0.231. The Bertz CT molecular complexity index is 1410. The monoisotopic (exact) mass is 545 g/mol. The van der Waals surface area contributed by atoms with E-state index in [-0.39, 0.29) is 11.3 Å². The van der Waals surface area contributed by atoms with Crippen LogP contribution in [-0.4, -0.2) is 41.7 Å². The van der Waals surface area contributed by atoms with Gasteiger partial charge in [-0.3, -0.25) is 4.79 Å². The van der Waals surface area contributed by atoms with Gasteiger partial charge in [0.25, 0.3) is 0 Å². The minimum absolute atomic E-state index is 0.0928. The zero-order chi connectivity index (χ0) is 24.5. The van der Waals surface area contributed by atoms with E-state index in [1.165, 1.54) is 0 Å². The number of benzene rings is 3. The van der Waals surface area contributed by atoms with E-state index in [1.807, 2.05) is 59.5 Å². The van der Waals surface area contributed by atoms with Crippen molar-refractivity contribution in [3.63, 3.8) is 0 Å². The molecule has 1 saturated heterocycles. The second-order valence-corrected chi connectivity index (χ2v) is 10.5. The number of rotatable bonds is 7. The molecule has 1 N–H and O–H groups in total. The third-order valence-corrected chi connectivity index (χ3v) is 8.15. The fourth-order valence-corrected chi connectivity index (χ4v) is 6.55. The molecule has 1 unspecified atom stereocenters. The molecule has 5 rings (SSSR count). The van der Waals surface area contributed by atoms with E-state index < -0.39 is 0 Å².